The normalized spacial score (nSPS) is 14.7. The van der Waals surface area contributed by atoms with Crippen molar-refractivity contribution >= 4 is 35.2 Å². The molecular weight excluding hydrogens is 427 g/mol. The molecule has 2 heterocycles. The Morgan fingerprint density at radius 2 is 1.90 bits per heavy atom. The first-order valence-electron chi connectivity index (χ1n) is 8.92. The van der Waals surface area contributed by atoms with Crippen molar-refractivity contribution in [3.05, 3.63) is 77.0 Å². The number of hydrogen-bond acceptors (Lipinski definition) is 6. The maximum atomic E-state index is 13.9. The van der Waals surface area contributed by atoms with Crippen molar-refractivity contribution in [3.8, 4) is 17.4 Å². The van der Waals surface area contributed by atoms with Gasteiger partial charge in [0.05, 0.1) is 19.0 Å². The summed E-state index contributed by atoms with van der Waals surface area (Å²) in [7, 11) is 1.40. The van der Waals surface area contributed by atoms with E-state index in [1.807, 2.05) is 0 Å². The van der Waals surface area contributed by atoms with Crippen molar-refractivity contribution in [1.29, 1.82) is 0 Å². The third-order valence-electron chi connectivity index (χ3n) is 4.29. The predicted molar refractivity (Wildman–Crippen MR) is 110 cm³/mol. The van der Waals surface area contributed by atoms with Crippen LogP contribution in [0.2, 0.25) is 5.28 Å². The van der Waals surface area contributed by atoms with Gasteiger partial charge in [-0.1, -0.05) is 24.3 Å². The molecule has 2 amide bonds. The summed E-state index contributed by atoms with van der Waals surface area (Å²) in [5, 5.41) is 0.996. The molecule has 3 aromatic rings. The second kappa shape index (κ2) is 8.41. The molecule has 1 N–H and O–H groups in total. The molecule has 0 saturated carbocycles. The van der Waals surface area contributed by atoms with Gasteiger partial charge in [-0.2, -0.15) is 9.37 Å². The number of nitrogens with one attached hydrogen (secondary N) is 1. The Bertz CT molecular complexity index is 1200. The number of hydrogen-bond donors (Lipinski definition) is 1. The van der Waals surface area contributed by atoms with E-state index in [1.165, 1.54) is 30.3 Å². The molecule has 10 heteroatoms. The molecule has 31 heavy (non-hydrogen) atoms. The summed E-state index contributed by atoms with van der Waals surface area (Å²) in [5.41, 5.74) is 3.52. The van der Waals surface area contributed by atoms with Crippen molar-refractivity contribution in [1.82, 2.24) is 15.4 Å². The zero-order chi connectivity index (χ0) is 22.0. The summed E-state index contributed by atoms with van der Waals surface area (Å²) in [6, 6.07) is 13.3. The lowest BCUT2D eigenvalue weighted by atomic mass is 10.1. The van der Waals surface area contributed by atoms with Crippen LogP contribution in [0.5, 0.6) is 17.4 Å². The molecule has 0 aliphatic carbocycles. The fraction of sp³-hybridized carbons (Fsp3) is 0.0476. The summed E-state index contributed by atoms with van der Waals surface area (Å²) in [4.78, 5) is 32.3. The van der Waals surface area contributed by atoms with Crippen molar-refractivity contribution in [2.24, 2.45) is 0 Å². The number of halogens is 2. The van der Waals surface area contributed by atoms with Gasteiger partial charge in [0.15, 0.2) is 11.5 Å². The monoisotopic (exact) mass is 440 g/mol. The zero-order valence-electron chi connectivity index (χ0n) is 16.0. The molecule has 8 nitrogen and oxygen atoms in total. The van der Waals surface area contributed by atoms with Crippen LogP contribution in [0.25, 0.3) is 6.08 Å². The van der Waals surface area contributed by atoms with E-state index in [4.69, 9.17) is 21.1 Å². The molecule has 0 bridgehead atoms. The maximum absolute atomic E-state index is 13.9. The molecule has 156 valence electrons. The van der Waals surface area contributed by atoms with Crippen LogP contribution in [0.4, 0.5) is 10.1 Å². The van der Waals surface area contributed by atoms with E-state index in [1.54, 1.807) is 36.4 Å². The number of hydrazine groups is 1. The Balaban J connectivity index is 1.62. The summed E-state index contributed by atoms with van der Waals surface area (Å²) >= 11 is 5.68. The van der Waals surface area contributed by atoms with Crippen LogP contribution >= 0.6 is 11.6 Å². The molecule has 0 radical (unpaired) electrons. The van der Waals surface area contributed by atoms with E-state index in [-0.39, 0.29) is 28.2 Å². The number of methoxy groups -OCH3 is 1. The highest BCUT2D eigenvalue weighted by Gasteiger charge is 2.34. The van der Waals surface area contributed by atoms with Crippen LogP contribution in [-0.4, -0.2) is 28.9 Å². The SMILES string of the molecule is COc1cc(/C=C2\C(=O)NN(c3ccccc3)C2=O)ccc1Oc1nc(Cl)ncc1F. The maximum Gasteiger partial charge on any atom is 0.282 e. The van der Waals surface area contributed by atoms with Gasteiger partial charge in [0.25, 0.3) is 17.7 Å². The number of nitrogens with zero attached hydrogens (tertiary/aromatic N) is 3. The first kappa shape index (κ1) is 20.3. The minimum Gasteiger partial charge on any atom is -0.493 e. The summed E-state index contributed by atoms with van der Waals surface area (Å²) in [5.74, 6) is -1.81. The molecule has 4 rings (SSSR count). The third kappa shape index (κ3) is 4.17. The van der Waals surface area contributed by atoms with E-state index >= 15 is 0 Å². The number of para-hydroxylation sites is 1. The van der Waals surface area contributed by atoms with Gasteiger partial charge in [-0.15, -0.1) is 0 Å². The first-order valence-corrected chi connectivity index (χ1v) is 9.30. The van der Waals surface area contributed by atoms with Crippen LogP contribution in [0, 0.1) is 5.82 Å². The van der Waals surface area contributed by atoms with Crippen LogP contribution in [-0.2, 0) is 9.59 Å². The zero-order valence-corrected chi connectivity index (χ0v) is 16.8. The molecule has 0 atom stereocenters. The topological polar surface area (TPSA) is 93.7 Å². The van der Waals surface area contributed by atoms with Gasteiger partial charge in [0.2, 0.25) is 11.1 Å². The number of anilines is 1. The molecule has 0 unspecified atom stereocenters. The van der Waals surface area contributed by atoms with Gasteiger partial charge >= 0.3 is 0 Å². The molecule has 1 saturated heterocycles. The van der Waals surface area contributed by atoms with Crippen LogP contribution < -0.4 is 19.9 Å². The summed E-state index contributed by atoms with van der Waals surface area (Å²) < 4.78 is 24.6. The quantitative estimate of drug-likeness (QED) is 0.370. The van der Waals surface area contributed by atoms with Crippen molar-refractivity contribution in [2.75, 3.05) is 12.1 Å². The van der Waals surface area contributed by atoms with Gasteiger partial charge in [-0.05, 0) is 47.5 Å². The second-order valence-electron chi connectivity index (χ2n) is 6.28. The van der Waals surface area contributed by atoms with Gasteiger partial charge in [0.1, 0.15) is 5.57 Å². The fourth-order valence-corrected chi connectivity index (χ4v) is 2.97. The average molecular weight is 441 g/mol. The molecule has 2 aromatic carbocycles. The summed E-state index contributed by atoms with van der Waals surface area (Å²) in [6.45, 7) is 0. The highest BCUT2D eigenvalue weighted by molar-refractivity contribution is 6.31. The number of carbonyl (C=O) groups is 2. The number of rotatable bonds is 5. The number of amides is 2. The van der Waals surface area contributed by atoms with Gasteiger partial charge in [0, 0.05) is 0 Å². The van der Waals surface area contributed by atoms with Crippen molar-refractivity contribution < 1.29 is 23.5 Å². The lowest BCUT2D eigenvalue weighted by Crippen LogP contribution is -2.35. The Kier molecular flexibility index (Phi) is 5.50. The highest BCUT2D eigenvalue weighted by Crippen LogP contribution is 2.33. The molecule has 0 spiro atoms. The predicted octanol–water partition coefficient (Wildman–Crippen LogP) is 3.53. The first-order chi connectivity index (χ1) is 15.0. The lowest BCUT2D eigenvalue weighted by Gasteiger charge is -2.13. The Morgan fingerprint density at radius 3 is 2.65 bits per heavy atom. The van der Waals surface area contributed by atoms with Crippen LogP contribution in [0.3, 0.4) is 0 Å². The van der Waals surface area contributed by atoms with Crippen molar-refractivity contribution in [2.45, 2.75) is 0 Å². The largest absolute Gasteiger partial charge is 0.493 e. The summed E-state index contributed by atoms with van der Waals surface area (Å²) in [6.07, 6.45) is 2.31. The minimum atomic E-state index is -0.799. The van der Waals surface area contributed by atoms with Crippen molar-refractivity contribution in [3.63, 3.8) is 0 Å². The van der Waals surface area contributed by atoms with E-state index in [0.29, 0.717) is 11.3 Å². The number of ether oxygens (including phenoxy) is 2. The van der Waals surface area contributed by atoms with E-state index < -0.39 is 17.6 Å². The number of benzene rings is 2. The van der Waals surface area contributed by atoms with Gasteiger partial charge in [-0.25, -0.2) is 9.99 Å². The van der Waals surface area contributed by atoms with Gasteiger partial charge in [-0.3, -0.25) is 15.0 Å². The van der Waals surface area contributed by atoms with Gasteiger partial charge < -0.3 is 9.47 Å². The highest BCUT2D eigenvalue weighted by atomic mass is 35.5. The van der Waals surface area contributed by atoms with E-state index in [2.05, 4.69) is 15.4 Å². The molecule has 1 aliphatic heterocycles. The molecule has 1 aromatic heterocycles. The van der Waals surface area contributed by atoms with E-state index in [0.717, 1.165) is 6.20 Å². The molecule has 1 fully saturated rings. The average Bonchev–Trinajstić information content (AvgIpc) is 3.06. The van der Waals surface area contributed by atoms with Crippen LogP contribution in [0.1, 0.15) is 5.56 Å². The number of aromatic nitrogens is 2. The molecular formula is C21H14ClFN4O4. The Labute approximate surface area is 180 Å². The Morgan fingerprint density at radius 1 is 1.13 bits per heavy atom. The molecule has 1 aliphatic rings. The standard InChI is InChI=1S/C21H14ClFN4O4/c1-30-17-10-12(7-8-16(17)31-19-15(23)11-24-21(22)25-19)9-14-18(28)26-27(20(14)29)13-5-3-2-4-6-13/h2-11H,1H3,(H,26,28)/b14-9+. The minimum absolute atomic E-state index is 0.0480. The second-order valence-corrected chi connectivity index (χ2v) is 6.62. The van der Waals surface area contributed by atoms with Crippen LogP contribution in [0.15, 0.2) is 60.3 Å². The number of carbonyl (C=O) groups excluding carboxylic acids is 2. The smallest absolute Gasteiger partial charge is 0.282 e. The fourth-order valence-electron chi connectivity index (χ4n) is 2.85. The van der Waals surface area contributed by atoms with E-state index in [9.17, 15) is 14.0 Å². The lowest BCUT2D eigenvalue weighted by molar-refractivity contribution is -0.117. The Hall–Kier alpha value is -3.98. The third-order valence-corrected chi connectivity index (χ3v) is 4.48.